The van der Waals surface area contributed by atoms with Gasteiger partial charge in [-0.3, -0.25) is 4.84 Å². The second-order valence-electron chi connectivity index (χ2n) is 4.18. The van der Waals surface area contributed by atoms with Crippen LogP contribution in [0.3, 0.4) is 0 Å². The lowest BCUT2D eigenvalue weighted by Crippen LogP contribution is -2.25. The molecule has 0 heterocycles. The Balaban J connectivity index is 3.14. The molecule has 0 saturated heterocycles. The van der Waals surface area contributed by atoms with Gasteiger partial charge in [-0.2, -0.15) is 0 Å². The molecule has 0 saturated carbocycles. The van der Waals surface area contributed by atoms with Crippen LogP contribution in [0.15, 0.2) is 24.3 Å². The molecule has 5 nitrogen and oxygen atoms in total. The number of unbranched alkanes of at least 4 members (excludes halogenated alkanes) is 1. The van der Waals surface area contributed by atoms with Crippen molar-refractivity contribution < 1.29 is 19.2 Å². The molecular formula is C12H19ClNO4P. The van der Waals surface area contributed by atoms with E-state index >= 15 is 0 Å². The normalized spacial score (nSPS) is 13.8. The first-order chi connectivity index (χ1) is 8.91. The number of hydrogen-bond acceptors (Lipinski definition) is 2. The van der Waals surface area contributed by atoms with Gasteiger partial charge in [-0.15, -0.1) is 0 Å². The lowest BCUT2D eigenvalue weighted by atomic mass is 10.0. The summed E-state index contributed by atoms with van der Waals surface area (Å²) in [5.41, 5.74) is 0.655. The summed E-state index contributed by atoms with van der Waals surface area (Å²) in [5, 5.41) is 0.471. The van der Waals surface area contributed by atoms with Crippen LogP contribution in [0.5, 0.6) is 0 Å². The predicted molar refractivity (Wildman–Crippen MR) is 74.6 cm³/mol. The fraction of sp³-hybridized carbons (Fsp3) is 0.500. The molecule has 1 rings (SSSR count). The van der Waals surface area contributed by atoms with E-state index < -0.39 is 13.8 Å². The fourth-order valence-electron chi connectivity index (χ4n) is 1.94. The van der Waals surface area contributed by atoms with E-state index in [-0.39, 0.29) is 0 Å². The molecule has 0 radical (unpaired) electrons. The van der Waals surface area contributed by atoms with Gasteiger partial charge in [-0.05, 0) is 18.1 Å². The van der Waals surface area contributed by atoms with Crippen LogP contribution in [0.4, 0.5) is 0 Å². The molecule has 1 unspecified atom stereocenters. The molecule has 0 aliphatic heterocycles. The van der Waals surface area contributed by atoms with Gasteiger partial charge >= 0.3 is 7.75 Å². The van der Waals surface area contributed by atoms with Gasteiger partial charge in [0.1, 0.15) is 0 Å². The summed E-state index contributed by atoms with van der Waals surface area (Å²) in [5.74, 6) is 0. The minimum absolute atomic E-state index is 0.471. The van der Waals surface area contributed by atoms with Gasteiger partial charge in [0.05, 0.1) is 13.2 Å². The number of halogens is 1. The average Bonchev–Trinajstić information content (AvgIpc) is 2.34. The Labute approximate surface area is 118 Å². The molecule has 0 aliphatic rings. The number of hydrogen-bond donors (Lipinski definition) is 2. The standard InChI is InChI=1S/C12H19ClNO4P/c1-3-4-9-12(14(18-2)19(15,16)17)10-7-5-6-8-11(10)13/h5-8,12H,3-4,9H2,1-2H3,(H2,15,16,17). The Bertz CT molecular complexity index is 451. The molecule has 1 atom stereocenters. The third-order valence-electron chi connectivity index (χ3n) is 2.81. The number of rotatable bonds is 7. The van der Waals surface area contributed by atoms with Crippen molar-refractivity contribution in [3.63, 3.8) is 0 Å². The van der Waals surface area contributed by atoms with Gasteiger partial charge in [-0.25, -0.2) is 4.57 Å². The maximum absolute atomic E-state index is 11.5. The highest BCUT2D eigenvalue weighted by atomic mass is 35.5. The van der Waals surface area contributed by atoms with Crippen molar-refractivity contribution in [2.75, 3.05) is 7.11 Å². The van der Waals surface area contributed by atoms with Gasteiger partial charge in [0.2, 0.25) is 0 Å². The molecule has 7 heteroatoms. The minimum Gasteiger partial charge on any atom is -0.311 e. The number of nitrogens with zero attached hydrogens (tertiary/aromatic N) is 1. The van der Waals surface area contributed by atoms with Gasteiger partial charge in [0.25, 0.3) is 0 Å². The van der Waals surface area contributed by atoms with E-state index in [9.17, 15) is 14.4 Å². The van der Waals surface area contributed by atoms with Gasteiger partial charge in [0.15, 0.2) is 0 Å². The topological polar surface area (TPSA) is 70.0 Å². The van der Waals surface area contributed by atoms with E-state index in [0.717, 1.165) is 17.7 Å². The Hall–Kier alpha value is -0.420. The maximum atomic E-state index is 11.5. The Morgan fingerprint density at radius 2 is 2.05 bits per heavy atom. The molecule has 108 valence electrons. The summed E-state index contributed by atoms with van der Waals surface area (Å²) < 4.78 is 11.5. The molecule has 1 aromatic rings. The summed E-state index contributed by atoms with van der Waals surface area (Å²) in [6.45, 7) is 2.01. The zero-order valence-electron chi connectivity index (χ0n) is 11.0. The summed E-state index contributed by atoms with van der Waals surface area (Å²) in [4.78, 5) is 24.4. The highest BCUT2D eigenvalue weighted by Gasteiger charge is 2.35. The van der Waals surface area contributed by atoms with Gasteiger partial charge < -0.3 is 9.79 Å². The highest BCUT2D eigenvalue weighted by Crippen LogP contribution is 2.48. The molecule has 0 aliphatic carbocycles. The van der Waals surface area contributed by atoms with Gasteiger partial charge in [0, 0.05) is 5.02 Å². The fourth-order valence-corrected chi connectivity index (χ4v) is 3.02. The van der Waals surface area contributed by atoms with E-state index in [0.29, 0.717) is 17.0 Å². The molecule has 19 heavy (non-hydrogen) atoms. The Morgan fingerprint density at radius 1 is 1.42 bits per heavy atom. The molecule has 0 bridgehead atoms. The first kappa shape index (κ1) is 16.6. The smallest absolute Gasteiger partial charge is 0.311 e. The van der Waals surface area contributed by atoms with Crippen molar-refractivity contribution in [1.29, 1.82) is 0 Å². The number of benzene rings is 1. The molecular weight excluding hydrogens is 289 g/mol. The van der Waals surface area contributed by atoms with E-state index in [4.69, 9.17) is 16.4 Å². The quantitative estimate of drug-likeness (QED) is 0.595. The third-order valence-corrected chi connectivity index (χ3v) is 4.11. The molecule has 2 N–H and O–H groups in total. The predicted octanol–water partition coefficient (Wildman–Crippen LogP) is 3.53. The van der Waals surface area contributed by atoms with Crippen LogP contribution in [0.1, 0.15) is 37.8 Å². The van der Waals surface area contributed by atoms with E-state index in [2.05, 4.69) is 0 Å². The van der Waals surface area contributed by atoms with Crippen molar-refractivity contribution in [3.05, 3.63) is 34.9 Å². The van der Waals surface area contributed by atoms with Crippen molar-refractivity contribution >= 4 is 19.3 Å². The minimum atomic E-state index is -4.51. The first-order valence-corrected chi connectivity index (χ1v) is 8.00. The van der Waals surface area contributed by atoms with E-state index in [1.165, 1.54) is 7.11 Å². The van der Waals surface area contributed by atoms with Crippen molar-refractivity contribution in [3.8, 4) is 0 Å². The summed E-state index contributed by atoms with van der Waals surface area (Å²) in [6, 6.07) is 6.44. The molecule has 1 aromatic carbocycles. The summed E-state index contributed by atoms with van der Waals surface area (Å²) >= 11 is 6.11. The highest BCUT2D eigenvalue weighted by molar-refractivity contribution is 7.48. The summed E-state index contributed by atoms with van der Waals surface area (Å²) in [7, 11) is -3.26. The largest absolute Gasteiger partial charge is 0.426 e. The van der Waals surface area contributed by atoms with Crippen molar-refractivity contribution in [1.82, 2.24) is 4.83 Å². The van der Waals surface area contributed by atoms with Crippen LogP contribution in [-0.4, -0.2) is 21.7 Å². The second kappa shape index (κ2) is 7.39. The lowest BCUT2D eigenvalue weighted by Gasteiger charge is -2.30. The molecule has 0 fully saturated rings. The van der Waals surface area contributed by atoms with Crippen LogP contribution in [-0.2, 0) is 9.40 Å². The monoisotopic (exact) mass is 307 g/mol. The molecule has 0 spiro atoms. The van der Waals surface area contributed by atoms with Crippen molar-refractivity contribution in [2.24, 2.45) is 0 Å². The first-order valence-electron chi connectivity index (χ1n) is 6.05. The van der Waals surface area contributed by atoms with Crippen LogP contribution in [0.2, 0.25) is 5.02 Å². The second-order valence-corrected chi connectivity index (χ2v) is 6.01. The van der Waals surface area contributed by atoms with Crippen LogP contribution < -0.4 is 0 Å². The third kappa shape index (κ3) is 4.56. The molecule has 0 amide bonds. The maximum Gasteiger partial charge on any atom is 0.426 e. The lowest BCUT2D eigenvalue weighted by molar-refractivity contribution is -0.106. The summed E-state index contributed by atoms with van der Waals surface area (Å²) in [6.07, 6.45) is 2.29. The zero-order valence-corrected chi connectivity index (χ0v) is 12.6. The zero-order chi connectivity index (χ0) is 14.5. The van der Waals surface area contributed by atoms with Crippen LogP contribution >= 0.6 is 19.3 Å². The Kier molecular flexibility index (Phi) is 6.47. The SMILES string of the molecule is CCCCC(c1ccccc1Cl)N(OC)P(=O)(O)O. The van der Waals surface area contributed by atoms with Crippen molar-refractivity contribution in [2.45, 2.75) is 32.2 Å². The molecule has 0 aromatic heterocycles. The average molecular weight is 308 g/mol. The van der Waals surface area contributed by atoms with Crippen LogP contribution in [0.25, 0.3) is 0 Å². The van der Waals surface area contributed by atoms with E-state index in [1.807, 2.05) is 6.92 Å². The van der Waals surface area contributed by atoms with Crippen LogP contribution in [0, 0.1) is 0 Å². The van der Waals surface area contributed by atoms with E-state index in [1.54, 1.807) is 24.3 Å². The Morgan fingerprint density at radius 3 is 2.53 bits per heavy atom. The van der Waals surface area contributed by atoms with Gasteiger partial charge in [-0.1, -0.05) is 54.4 Å². The number of hydroxylamine groups is 1.